The summed E-state index contributed by atoms with van der Waals surface area (Å²) in [4.78, 5) is 40.3. The van der Waals surface area contributed by atoms with E-state index in [1.807, 2.05) is 33.3 Å². The van der Waals surface area contributed by atoms with E-state index in [-0.39, 0.29) is 24.9 Å². The highest BCUT2D eigenvalue weighted by atomic mass is 31.2. The van der Waals surface area contributed by atoms with Gasteiger partial charge in [0.25, 0.3) is 7.82 Å². The van der Waals surface area contributed by atoms with E-state index in [1.54, 1.807) is 0 Å². The van der Waals surface area contributed by atoms with Crippen molar-refractivity contribution in [2.24, 2.45) is 0 Å². The Morgan fingerprint density at radius 3 is 1.09 bits per heavy atom. The minimum absolute atomic E-state index is 0.0278. The number of carbonyl (C=O) groups is 2. The molecule has 90 heavy (non-hydrogen) atoms. The topological polar surface area (TPSA) is 114 Å². The molecule has 0 radical (unpaired) electrons. The number of quaternary nitrogens is 1. The third-order valence-corrected chi connectivity index (χ3v) is 17.4. The van der Waals surface area contributed by atoms with E-state index in [2.05, 4.69) is 123 Å². The monoisotopic (exact) mass is 1280 g/mol. The predicted molar refractivity (Wildman–Crippen MR) is 390 cm³/mol. The van der Waals surface area contributed by atoms with Gasteiger partial charge < -0.3 is 28.5 Å². The molecule has 9 nitrogen and oxygen atoms in total. The molecule has 0 aromatic rings. The summed E-state index contributed by atoms with van der Waals surface area (Å²) in [6.07, 6.45) is 95.0. The van der Waals surface area contributed by atoms with Gasteiger partial charge in [0, 0.05) is 12.8 Å². The van der Waals surface area contributed by atoms with Gasteiger partial charge in [0.2, 0.25) is 5.91 Å². The number of unbranched alkanes of at least 4 members (excludes halogenated alkanes) is 36. The van der Waals surface area contributed by atoms with Crippen LogP contribution in [0.2, 0.25) is 0 Å². The molecule has 1 N–H and O–H groups in total. The summed E-state index contributed by atoms with van der Waals surface area (Å²) in [5, 5.41) is 3.04. The molecule has 3 unspecified atom stereocenters. The molecule has 0 saturated heterocycles. The van der Waals surface area contributed by atoms with Crippen LogP contribution in [0.25, 0.3) is 0 Å². The van der Waals surface area contributed by atoms with E-state index >= 15 is 0 Å². The molecule has 1 amide bonds. The molecule has 0 aliphatic rings. The molecule has 0 fully saturated rings. The van der Waals surface area contributed by atoms with Crippen LogP contribution in [0.3, 0.4) is 0 Å². The maximum atomic E-state index is 13.6. The Bertz CT molecular complexity index is 1910. The Kier molecular flexibility index (Phi) is 66.0. The van der Waals surface area contributed by atoms with Crippen molar-refractivity contribution in [1.29, 1.82) is 0 Å². The molecule has 0 rings (SSSR count). The summed E-state index contributed by atoms with van der Waals surface area (Å²) in [6, 6.07) is -0.900. The van der Waals surface area contributed by atoms with Gasteiger partial charge in [0.05, 0.1) is 33.8 Å². The smallest absolute Gasteiger partial charge is 0.306 e. The van der Waals surface area contributed by atoms with Crippen molar-refractivity contribution in [3.8, 4) is 0 Å². The van der Waals surface area contributed by atoms with E-state index in [4.69, 9.17) is 13.8 Å². The summed E-state index contributed by atoms with van der Waals surface area (Å²) in [6.45, 7) is 6.73. The van der Waals surface area contributed by atoms with Crippen molar-refractivity contribution >= 4 is 19.7 Å². The number of likely N-dealkylation sites (N-methyl/N-ethyl adjacent to an activating group) is 1. The Labute approximate surface area is 557 Å². The number of esters is 1. The van der Waals surface area contributed by atoms with Crippen LogP contribution < -0.4 is 10.2 Å². The lowest BCUT2D eigenvalue weighted by atomic mass is 10.0. The number of phosphoric ester groups is 1. The first-order valence-corrected chi connectivity index (χ1v) is 39.2. The van der Waals surface area contributed by atoms with Crippen LogP contribution in [0.1, 0.15) is 335 Å². The van der Waals surface area contributed by atoms with E-state index in [0.717, 1.165) is 116 Å². The van der Waals surface area contributed by atoms with Crippen LogP contribution in [-0.2, 0) is 27.9 Å². The number of rotatable bonds is 68. The zero-order valence-corrected chi connectivity index (χ0v) is 60.5. The molecule has 0 heterocycles. The van der Waals surface area contributed by atoms with Crippen molar-refractivity contribution in [2.75, 3.05) is 40.9 Å². The Balaban J connectivity index is 5.02. The van der Waals surface area contributed by atoms with E-state index in [0.29, 0.717) is 17.4 Å². The average molecular weight is 1280 g/mol. The summed E-state index contributed by atoms with van der Waals surface area (Å²) in [7, 11) is 1.18. The number of nitrogens with zero attached hydrogens (tertiary/aromatic N) is 1. The fraction of sp³-hybridized carbons (Fsp3) is 0.750. The van der Waals surface area contributed by atoms with Crippen LogP contribution in [0.5, 0.6) is 0 Å². The second kappa shape index (κ2) is 68.5. The number of phosphoric acid groups is 1. The van der Waals surface area contributed by atoms with Gasteiger partial charge in [0.1, 0.15) is 19.3 Å². The molecular formula is C80H143N2O7P. The van der Waals surface area contributed by atoms with Crippen LogP contribution in [-0.4, -0.2) is 69.4 Å². The molecule has 3 atom stereocenters. The average Bonchev–Trinajstić information content (AvgIpc) is 3.04. The number of carbonyl (C=O) groups excluding carboxylic acids is 2. The summed E-state index contributed by atoms with van der Waals surface area (Å²) in [5.41, 5.74) is 0. The molecule has 0 aliphatic heterocycles. The normalized spacial score (nSPS) is 14.1. The minimum atomic E-state index is -4.72. The first kappa shape index (κ1) is 86.7. The first-order valence-electron chi connectivity index (χ1n) is 37.7. The number of nitrogens with one attached hydrogen (secondary N) is 1. The lowest BCUT2D eigenvalue weighted by Gasteiger charge is -2.30. The van der Waals surface area contributed by atoms with Gasteiger partial charge in [-0.3, -0.25) is 14.2 Å². The van der Waals surface area contributed by atoms with Crippen LogP contribution in [0.15, 0.2) is 109 Å². The number of allylic oxidation sites excluding steroid dienone is 17. The quantitative estimate of drug-likeness (QED) is 0.0212. The molecule has 0 aromatic heterocycles. The predicted octanol–water partition coefficient (Wildman–Crippen LogP) is 23.8. The molecule has 0 bridgehead atoms. The zero-order valence-electron chi connectivity index (χ0n) is 59.6. The summed E-state index contributed by atoms with van der Waals surface area (Å²) >= 11 is 0. The molecule has 520 valence electrons. The van der Waals surface area contributed by atoms with Crippen molar-refractivity contribution in [2.45, 2.75) is 348 Å². The van der Waals surface area contributed by atoms with E-state index in [1.165, 1.54) is 186 Å². The number of hydrogen-bond acceptors (Lipinski definition) is 7. The van der Waals surface area contributed by atoms with Gasteiger partial charge in [-0.25, -0.2) is 0 Å². The first-order chi connectivity index (χ1) is 43.9. The van der Waals surface area contributed by atoms with Crippen molar-refractivity contribution in [1.82, 2.24) is 5.32 Å². The van der Waals surface area contributed by atoms with Crippen molar-refractivity contribution in [3.05, 3.63) is 109 Å². The van der Waals surface area contributed by atoms with Crippen LogP contribution in [0, 0.1) is 0 Å². The lowest BCUT2D eigenvalue weighted by molar-refractivity contribution is -0.870. The maximum absolute atomic E-state index is 13.6. The van der Waals surface area contributed by atoms with Gasteiger partial charge in [-0.05, 0) is 115 Å². The highest BCUT2D eigenvalue weighted by molar-refractivity contribution is 7.45. The van der Waals surface area contributed by atoms with Crippen LogP contribution >= 0.6 is 7.82 Å². The number of hydrogen-bond donors (Lipinski definition) is 1. The van der Waals surface area contributed by atoms with E-state index in [9.17, 15) is 19.0 Å². The number of amides is 1. The largest absolute Gasteiger partial charge is 0.756 e. The van der Waals surface area contributed by atoms with Crippen LogP contribution in [0.4, 0.5) is 0 Å². The SMILES string of the molecule is CC/C=C\C/C=C\C/C=C\C/C=C\C/C=C\C/C=C\CCCCCCCCCCC(=O)NC(COP(=O)([O-])OCC[N+](C)(C)C)C(/C=C/CCCCCCCCCCCC)OC(=O)CCCCCCCCCCCCCCCCC/C=C\C/C=C\CCCCC. The molecule has 0 aromatic carbocycles. The summed E-state index contributed by atoms with van der Waals surface area (Å²) < 4.78 is 30.5. The van der Waals surface area contributed by atoms with E-state index < -0.39 is 26.6 Å². The minimum Gasteiger partial charge on any atom is -0.756 e. The third-order valence-electron chi connectivity index (χ3n) is 16.4. The lowest BCUT2D eigenvalue weighted by Crippen LogP contribution is -2.47. The molecule has 10 heteroatoms. The van der Waals surface area contributed by atoms with Gasteiger partial charge in [-0.1, -0.05) is 317 Å². The maximum Gasteiger partial charge on any atom is 0.306 e. The Morgan fingerprint density at radius 2 is 0.711 bits per heavy atom. The van der Waals surface area contributed by atoms with Gasteiger partial charge >= 0.3 is 5.97 Å². The highest BCUT2D eigenvalue weighted by Crippen LogP contribution is 2.38. The second-order valence-corrected chi connectivity index (χ2v) is 27.8. The fourth-order valence-corrected chi connectivity index (χ4v) is 11.4. The second-order valence-electron chi connectivity index (χ2n) is 26.4. The highest BCUT2D eigenvalue weighted by Gasteiger charge is 2.27. The van der Waals surface area contributed by atoms with Crippen molar-refractivity contribution in [3.63, 3.8) is 0 Å². The Morgan fingerprint density at radius 1 is 0.400 bits per heavy atom. The Hall–Kier alpha value is -3.33. The van der Waals surface area contributed by atoms with Crippen molar-refractivity contribution < 1.29 is 37.3 Å². The molecule has 0 aliphatic carbocycles. The summed E-state index contributed by atoms with van der Waals surface area (Å²) in [5.74, 6) is -0.545. The van der Waals surface area contributed by atoms with Gasteiger partial charge in [-0.2, -0.15) is 0 Å². The fourth-order valence-electron chi connectivity index (χ4n) is 10.7. The zero-order chi connectivity index (χ0) is 65.6. The number of ether oxygens (including phenoxy) is 1. The van der Waals surface area contributed by atoms with Gasteiger partial charge in [-0.15, -0.1) is 0 Å². The third kappa shape index (κ3) is 69.0. The molecule has 0 saturated carbocycles. The molecular weight excluding hydrogens is 1130 g/mol. The standard InChI is InChI=1S/C80H143N2O7P/c1-7-10-13-16-19-22-25-28-30-32-34-36-38-40-41-43-44-46-48-50-52-54-57-60-63-66-69-72-79(83)81-77(76-88-90(85,86)87-75-74-82(4,5)6)78(71-68-65-62-59-56-27-24-21-18-15-12-9-3)89-80(84)73-70-67-64-61-58-55-53-51-49-47-45-42-39-37-35-33-31-29-26-23-20-17-14-11-8-2/h10,13,19-20,22-23,28-31,34,36,40-41,44,46,68,71,77-78H,7-9,11-12,14-18,21,24-27,32-33,35,37-39,42-43,45,47-67,69-70,72-76H2,1-6H3,(H-,81,83,85,86)/b13-10-,22-19-,23-20-,30-28-,31-29-,36-34-,41-40-,46-44-,71-68+. The molecule has 0 spiro atoms. The van der Waals surface area contributed by atoms with Gasteiger partial charge in [0.15, 0.2) is 0 Å².